The van der Waals surface area contributed by atoms with Crippen molar-refractivity contribution in [3.8, 4) is 17.5 Å². The van der Waals surface area contributed by atoms with E-state index < -0.39 is 0 Å². The molecule has 2 rings (SSSR count). The first kappa shape index (κ1) is 15.0. The highest BCUT2D eigenvalue weighted by Crippen LogP contribution is 2.23. The molecule has 1 N–H and O–H groups in total. The van der Waals surface area contributed by atoms with Gasteiger partial charge in [0.15, 0.2) is 5.82 Å². The van der Waals surface area contributed by atoms with Crippen LogP contribution in [0.25, 0.3) is 11.4 Å². The summed E-state index contributed by atoms with van der Waals surface area (Å²) in [6.07, 6.45) is 5.06. The predicted octanol–water partition coefficient (Wildman–Crippen LogP) is 3.89. The van der Waals surface area contributed by atoms with E-state index in [4.69, 9.17) is 5.26 Å². The van der Waals surface area contributed by atoms with Crippen molar-refractivity contribution >= 4 is 5.69 Å². The minimum absolute atomic E-state index is 0.0772. The zero-order valence-corrected chi connectivity index (χ0v) is 12.5. The van der Waals surface area contributed by atoms with Crippen LogP contribution in [0.1, 0.15) is 26.7 Å². The van der Waals surface area contributed by atoms with Crippen molar-refractivity contribution in [2.45, 2.75) is 26.7 Å². The second-order valence-electron chi connectivity index (χ2n) is 5.84. The van der Waals surface area contributed by atoms with Crippen molar-refractivity contribution in [1.29, 1.82) is 5.26 Å². The van der Waals surface area contributed by atoms with Gasteiger partial charge in [-0.25, -0.2) is 9.97 Å². The minimum Gasteiger partial charge on any atom is -0.382 e. The van der Waals surface area contributed by atoms with Crippen LogP contribution < -0.4 is 5.32 Å². The van der Waals surface area contributed by atoms with E-state index in [1.165, 1.54) is 0 Å². The Morgan fingerprint density at radius 1 is 1.14 bits per heavy atom. The van der Waals surface area contributed by atoms with Gasteiger partial charge in [-0.1, -0.05) is 44.2 Å². The number of rotatable bonds is 6. The van der Waals surface area contributed by atoms with E-state index in [9.17, 15) is 0 Å². The Kier molecular flexibility index (Phi) is 4.89. The normalized spacial score (nSPS) is 10.9. The van der Waals surface area contributed by atoms with Crippen LogP contribution in [0.15, 0.2) is 42.7 Å². The molecule has 0 radical (unpaired) electrons. The van der Waals surface area contributed by atoms with Crippen molar-refractivity contribution < 1.29 is 0 Å². The maximum absolute atomic E-state index is 8.66. The lowest BCUT2D eigenvalue weighted by atomic mass is 9.88. The second kappa shape index (κ2) is 6.85. The summed E-state index contributed by atoms with van der Waals surface area (Å²) in [4.78, 5) is 8.77. The van der Waals surface area contributed by atoms with Crippen LogP contribution in [0, 0.1) is 16.7 Å². The number of nitrogens with one attached hydrogen (secondary N) is 1. The quantitative estimate of drug-likeness (QED) is 0.872. The van der Waals surface area contributed by atoms with Crippen LogP contribution in [0.3, 0.4) is 0 Å². The molecule has 0 aliphatic rings. The second-order valence-corrected chi connectivity index (χ2v) is 5.84. The Hall–Kier alpha value is -2.41. The first-order chi connectivity index (χ1) is 10.1. The summed E-state index contributed by atoms with van der Waals surface area (Å²) >= 11 is 0. The summed E-state index contributed by atoms with van der Waals surface area (Å²) < 4.78 is 0. The topological polar surface area (TPSA) is 61.6 Å². The van der Waals surface area contributed by atoms with Crippen molar-refractivity contribution in [3.63, 3.8) is 0 Å². The first-order valence-electron chi connectivity index (χ1n) is 7.09. The van der Waals surface area contributed by atoms with Crippen LogP contribution >= 0.6 is 0 Å². The molecule has 0 saturated carbocycles. The molecule has 0 unspecified atom stereocenters. The lowest BCUT2D eigenvalue weighted by molar-refractivity contribution is 0.363. The summed E-state index contributed by atoms with van der Waals surface area (Å²) in [5.74, 6) is 0.727. The van der Waals surface area contributed by atoms with Gasteiger partial charge >= 0.3 is 0 Å². The minimum atomic E-state index is 0.0772. The summed E-state index contributed by atoms with van der Waals surface area (Å²) in [6, 6.07) is 12.1. The molecule has 0 fully saturated rings. The number of nitrogens with zero attached hydrogens (tertiary/aromatic N) is 3. The molecule has 1 aromatic carbocycles. The van der Waals surface area contributed by atoms with Crippen LogP contribution in [-0.2, 0) is 0 Å². The molecule has 0 atom stereocenters. The fourth-order valence-corrected chi connectivity index (χ4v) is 1.98. The smallest absolute Gasteiger partial charge is 0.159 e. The molecule has 0 spiro atoms. The molecule has 1 aromatic heterocycles. The third kappa shape index (κ3) is 4.57. The lowest BCUT2D eigenvalue weighted by Gasteiger charge is -2.24. The molecule has 21 heavy (non-hydrogen) atoms. The summed E-state index contributed by atoms with van der Waals surface area (Å²) in [7, 11) is 0. The van der Waals surface area contributed by atoms with Crippen molar-refractivity contribution in [2.24, 2.45) is 5.41 Å². The maximum Gasteiger partial charge on any atom is 0.159 e. The standard InChI is InChI=1S/C17H20N4/c1-17(2,9-6-10-18)13-21-15-11-19-16(20-12-15)14-7-4-3-5-8-14/h3-5,7-8,11-12,21H,6,9,13H2,1-2H3. The molecule has 0 saturated heterocycles. The summed E-state index contributed by atoms with van der Waals surface area (Å²) in [5, 5.41) is 12.0. The number of benzene rings is 1. The third-order valence-corrected chi connectivity index (χ3v) is 3.37. The van der Waals surface area contributed by atoms with Gasteiger partial charge in [-0.2, -0.15) is 5.26 Å². The average Bonchev–Trinajstić information content (AvgIpc) is 2.53. The zero-order valence-electron chi connectivity index (χ0n) is 12.5. The number of aromatic nitrogens is 2. The number of anilines is 1. The highest BCUT2D eigenvalue weighted by Gasteiger charge is 2.17. The van der Waals surface area contributed by atoms with Gasteiger partial charge in [-0.3, -0.25) is 0 Å². The molecule has 1 heterocycles. The van der Waals surface area contributed by atoms with E-state index >= 15 is 0 Å². The van der Waals surface area contributed by atoms with Gasteiger partial charge in [-0.05, 0) is 11.8 Å². The highest BCUT2D eigenvalue weighted by molar-refractivity contribution is 5.55. The lowest BCUT2D eigenvalue weighted by Crippen LogP contribution is -2.23. The van der Waals surface area contributed by atoms with Crippen molar-refractivity contribution in [3.05, 3.63) is 42.7 Å². The number of nitriles is 1. The number of hydrogen-bond acceptors (Lipinski definition) is 4. The molecule has 0 bridgehead atoms. The SMILES string of the molecule is CC(C)(CCC#N)CNc1cnc(-c2ccccc2)nc1. The molecule has 0 aliphatic carbocycles. The molecular formula is C17H20N4. The molecule has 0 amide bonds. The Labute approximate surface area is 125 Å². The molecule has 108 valence electrons. The summed E-state index contributed by atoms with van der Waals surface area (Å²) in [6.45, 7) is 5.09. The van der Waals surface area contributed by atoms with E-state index in [0.717, 1.165) is 30.0 Å². The Balaban J connectivity index is 1.96. The maximum atomic E-state index is 8.66. The summed E-state index contributed by atoms with van der Waals surface area (Å²) in [5.41, 5.74) is 1.99. The van der Waals surface area contributed by atoms with Crippen LogP contribution in [0.4, 0.5) is 5.69 Å². The highest BCUT2D eigenvalue weighted by atomic mass is 15.0. The van der Waals surface area contributed by atoms with E-state index in [2.05, 4.69) is 35.2 Å². The van der Waals surface area contributed by atoms with Crippen LogP contribution in [0.5, 0.6) is 0 Å². The Morgan fingerprint density at radius 2 is 1.81 bits per heavy atom. The van der Waals surface area contributed by atoms with Gasteiger partial charge < -0.3 is 5.32 Å². The molecule has 4 heteroatoms. The van der Waals surface area contributed by atoms with Crippen molar-refractivity contribution in [1.82, 2.24) is 9.97 Å². The molecular weight excluding hydrogens is 260 g/mol. The predicted molar refractivity (Wildman–Crippen MR) is 84.6 cm³/mol. The number of hydrogen-bond donors (Lipinski definition) is 1. The zero-order chi connectivity index (χ0) is 15.1. The van der Waals surface area contributed by atoms with E-state index in [0.29, 0.717) is 6.42 Å². The largest absolute Gasteiger partial charge is 0.382 e. The van der Waals surface area contributed by atoms with Gasteiger partial charge in [0, 0.05) is 18.5 Å². The van der Waals surface area contributed by atoms with Gasteiger partial charge in [0.2, 0.25) is 0 Å². The van der Waals surface area contributed by atoms with E-state index in [1.807, 2.05) is 30.3 Å². The Morgan fingerprint density at radius 3 is 2.43 bits per heavy atom. The van der Waals surface area contributed by atoms with Gasteiger partial charge in [0.1, 0.15) is 0 Å². The van der Waals surface area contributed by atoms with Crippen molar-refractivity contribution in [2.75, 3.05) is 11.9 Å². The fraction of sp³-hybridized carbons (Fsp3) is 0.353. The monoisotopic (exact) mass is 280 g/mol. The van der Waals surface area contributed by atoms with Gasteiger partial charge in [-0.15, -0.1) is 0 Å². The van der Waals surface area contributed by atoms with Gasteiger partial charge in [0.25, 0.3) is 0 Å². The third-order valence-electron chi connectivity index (χ3n) is 3.37. The van der Waals surface area contributed by atoms with Crippen LogP contribution in [-0.4, -0.2) is 16.5 Å². The molecule has 0 aliphatic heterocycles. The first-order valence-corrected chi connectivity index (χ1v) is 7.09. The van der Waals surface area contributed by atoms with E-state index in [1.54, 1.807) is 12.4 Å². The molecule has 4 nitrogen and oxygen atoms in total. The molecule has 2 aromatic rings. The Bertz CT molecular complexity index is 597. The van der Waals surface area contributed by atoms with E-state index in [-0.39, 0.29) is 5.41 Å². The van der Waals surface area contributed by atoms with Gasteiger partial charge in [0.05, 0.1) is 24.2 Å². The fourth-order valence-electron chi connectivity index (χ4n) is 1.98. The average molecular weight is 280 g/mol. The van der Waals surface area contributed by atoms with Crippen LogP contribution in [0.2, 0.25) is 0 Å².